The Morgan fingerprint density at radius 1 is 1.00 bits per heavy atom. The van der Waals surface area contributed by atoms with Crippen molar-refractivity contribution in [1.29, 1.82) is 0 Å². The lowest BCUT2D eigenvalue weighted by atomic mass is 10.1. The van der Waals surface area contributed by atoms with Gasteiger partial charge in [-0.3, -0.25) is 4.79 Å². The third-order valence-electron chi connectivity index (χ3n) is 4.61. The van der Waals surface area contributed by atoms with E-state index in [0.29, 0.717) is 5.16 Å². The van der Waals surface area contributed by atoms with Crippen LogP contribution in [0.1, 0.15) is 34.7 Å². The Morgan fingerprint density at radius 2 is 1.68 bits per heavy atom. The fourth-order valence-corrected chi connectivity index (χ4v) is 3.97. The molecule has 1 aromatic heterocycles. The highest BCUT2D eigenvalue weighted by molar-refractivity contribution is 8.00. The molecular formula is C21H25N5OS. The lowest BCUT2D eigenvalue weighted by molar-refractivity contribution is -0.115. The van der Waals surface area contributed by atoms with Crippen LogP contribution < -0.4 is 5.32 Å². The van der Waals surface area contributed by atoms with E-state index in [1.54, 1.807) is 4.68 Å². The molecule has 6 nitrogen and oxygen atoms in total. The van der Waals surface area contributed by atoms with Crippen LogP contribution in [0.2, 0.25) is 0 Å². The molecule has 1 atom stereocenters. The van der Waals surface area contributed by atoms with E-state index in [9.17, 15) is 4.79 Å². The van der Waals surface area contributed by atoms with Gasteiger partial charge in [0, 0.05) is 5.69 Å². The number of hydrogen-bond acceptors (Lipinski definition) is 5. The third kappa shape index (κ3) is 4.25. The second-order valence-electron chi connectivity index (χ2n) is 7.19. The van der Waals surface area contributed by atoms with Crippen LogP contribution in [0, 0.1) is 34.6 Å². The van der Waals surface area contributed by atoms with E-state index >= 15 is 0 Å². The zero-order chi connectivity index (χ0) is 20.4. The molecule has 0 saturated carbocycles. The number of anilines is 1. The zero-order valence-corrected chi connectivity index (χ0v) is 17.9. The number of amides is 1. The van der Waals surface area contributed by atoms with E-state index in [1.165, 1.54) is 17.3 Å². The average molecular weight is 396 g/mol. The van der Waals surface area contributed by atoms with Gasteiger partial charge in [0.15, 0.2) is 0 Å². The molecule has 3 aromatic rings. The lowest BCUT2D eigenvalue weighted by Crippen LogP contribution is -2.24. The molecule has 146 valence electrons. The molecule has 0 aliphatic heterocycles. The third-order valence-corrected chi connectivity index (χ3v) is 5.64. The number of aromatic nitrogens is 4. The Kier molecular flexibility index (Phi) is 5.84. The number of nitrogens with one attached hydrogen (secondary N) is 1. The molecule has 7 heteroatoms. The van der Waals surface area contributed by atoms with E-state index < -0.39 is 0 Å². The maximum Gasteiger partial charge on any atom is 0.237 e. The minimum absolute atomic E-state index is 0.0735. The summed E-state index contributed by atoms with van der Waals surface area (Å²) in [6, 6.07) is 10.3. The summed E-state index contributed by atoms with van der Waals surface area (Å²) in [7, 11) is 0. The molecule has 28 heavy (non-hydrogen) atoms. The van der Waals surface area contributed by atoms with Crippen LogP contribution in [0.15, 0.2) is 35.5 Å². The molecule has 0 unspecified atom stereocenters. The number of tetrazole rings is 1. The van der Waals surface area contributed by atoms with Crippen LogP contribution in [0.25, 0.3) is 5.69 Å². The molecule has 0 aliphatic rings. The van der Waals surface area contributed by atoms with Crippen molar-refractivity contribution in [3.05, 3.63) is 58.1 Å². The molecule has 0 bridgehead atoms. The first-order valence-electron chi connectivity index (χ1n) is 9.17. The van der Waals surface area contributed by atoms with Crippen molar-refractivity contribution in [3.8, 4) is 5.69 Å². The summed E-state index contributed by atoms with van der Waals surface area (Å²) in [5, 5.41) is 15.4. The van der Waals surface area contributed by atoms with Crippen molar-refractivity contribution in [2.24, 2.45) is 0 Å². The topological polar surface area (TPSA) is 72.7 Å². The first-order chi connectivity index (χ1) is 13.3. The molecule has 3 rings (SSSR count). The Balaban J connectivity index is 1.79. The van der Waals surface area contributed by atoms with Crippen molar-refractivity contribution >= 4 is 23.4 Å². The van der Waals surface area contributed by atoms with Gasteiger partial charge in [-0.25, -0.2) is 0 Å². The molecule has 0 fully saturated rings. The van der Waals surface area contributed by atoms with Crippen LogP contribution in [0.3, 0.4) is 0 Å². The van der Waals surface area contributed by atoms with Crippen LogP contribution in [-0.2, 0) is 4.79 Å². The number of carbonyl (C=O) groups is 1. The first kappa shape index (κ1) is 20.1. The van der Waals surface area contributed by atoms with Gasteiger partial charge >= 0.3 is 0 Å². The highest BCUT2D eigenvalue weighted by Crippen LogP contribution is 2.27. The van der Waals surface area contributed by atoms with E-state index in [0.717, 1.165) is 33.6 Å². The molecule has 0 saturated heterocycles. The SMILES string of the molecule is Cc1cc(C)c(NC(=O)[C@H](C)Sc2nnnn2-c2cc(C)ccc2C)c(C)c1. The molecule has 0 spiro atoms. The van der Waals surface area contributed by atoms with E-state index in [2.05, 4.69) is 46.0 Å². The predicted octanol–water partition coefficient (Wildman–Crippen LogP) is 4.32. The van der Waals surface area contributed by atoms with Crippen molar-refractivity contribution in [3.63, 3.8) is 0 Å². The van der Waals surface area contributed by atoms with Crippen molar-refractivity contribution in [1.82, 2.24) is 20.2 Å². The molecule has 1 N–H and O–H groups in total. The summed E-state index contributed by atoms with van der Waals surface area (Å²) in [6.45, 7) is 12.0. The summed E-state index contributed by atoms with van der Waals surface area (Å²) in [6.07, 6.45) is 0. The second kappa shape index (κ2) is 8.14. The second-order valence-corrected chi connectivity index (χ2v) is 8.49. The van der Waals surface area contributed by atoms with Crippen LogP contribution in [0.5, 0.6) is 0 Å². The summed E-state index contributed by atoms with van der Waals surface area (Å²) in [4.78, 5) is 12.8. The molecule has 0 aliphatic carbocycles. The van der Waals surface area contributed by atoms with Crippen LogP contribution in [-0.4, -0.2) is 31.4 Å². The minimum Gasteiger partial charge on any atom is -0.325 e. The molecular weight excluding hydrogens is 370 g/mol. The number of rotatable bonds is 5. The molecule has 1 heterocycles. The number of thioether (sulfide) groups is 1. The van der Waals surface area contributed by atoms with Gasteiger partial charge in [-0.2, -0.15) is 4.68 Å². The van der Waals surface area contributed by atoms with Crippen molar-refractivity contribution < 1.29 is 4.79 Å². The van der Waals surface area contributed by atoms with Gasteiger partial charge in [0.2, 0.25) is 11.1 Å². The Hall–Kier alpha value is -2.67. The van der Waals surface area contributed by atoms with E-state index in [1.807, 2.05) is 46.8 Å². The lowest BCUT2D eigenvalue weighted by Gasteiger charge is -2.16. The van der Waals surface area contributed by atoms with Crippen LogP contribution in [0.4, 0.5) is 5.69 Å². The quantitative estimate of drug-likeness (QED) is 0.651. The normalized spacial score (nSPS) is 12.1. The van der Waals surface area contributed by atoms with Gasteiger partial charge in [-0.1, -0.05) is 41.6 Å². The van der Waals surface area contributed by atoms with Gasteiger partial charge in [0.25, 0.3) is 0 Å². The highest BCUT2D eigenvalue weighted by atomic mass is 32.2. The van der Waals surface area contributed by atoms with Gasteiger partial charge in [-0.15, -0.1) is 5.10 Å². The van der Waals surface area contributed by atoms with Crippen LogP contribution >= 0.6 is 11.8 Å². The minimum atomic E-state index is -0.352. The Labute approximate surface area is 169 Å². The molecule has 0 radical (unpaired) electrons. The van der Waals surface area contributed by atoms with Gasteiger partial charge in [0.1, 0.15) is 0 Å². The van der Waals surface area contributed by atoms with E-state index in [4.69, 9.17) is 0 Å². The standard InChI is InChI=1S/C21H25N5OS/c1-12-7-8-14(3)18(11-12)26-21(23-24-25-26)28-17(6)20(27)22-19-15(4)9-13(2)10-16(19)5/h7-11,17H,1-6H3,(H,22,27)/t17-/m0/s1. The largest absolute Gasteiger partial charge is 0.325 e. The Bertz CT molecular complexity index is 1000. The van der Waals surface area contributed by atoms with Gasteiger partial charge in [-0.05, 0) is 80.3 Å². The van der Waals surface area contributed by atoms with Crippen molar-refractivity contribution in [2.45, 2.75) is 51.9 Å². The smallest absolute Gasteiger partial charge is 0.237 e. The summed E-state index contributed by atoms with van der Waals surface area (Å²) in [5.41, 5.74) is 7.29. The number of nitrogens with zero attached hydrogens (tertiary/aromatic N) is 4. The van der Waals surface area contributed by atoms with Gasteiger partial charge in [0.05, 0.1) is 10.9 Å². The van der Waals surface area contributed by atoms with Gasteiger partial charge < -0.3 is 5.32 Å². The maximum absolute atomic E-state index is 12.8. The maximum atomic E-state index is 12.8. The zero-order valence-electron chi connectivity index (χ0n) is 17.1. The molecule has 2 aromatic carbocycles. The fraction of sp³-hybridized carbons (Fsp3) is 0.333. The summed E-state index contributed by atoms with van der Waals surface area (Å²) >= 11 is 1.34. The monoisotopic (exact) mass is 395 g/mol. The molecule has 1 amide bonds. The number of hydrogen-bond donors (Lipinski definition) is 1. The summed E-state index contributed by atoms with van der Waals surface area (Å²) < 4.78 is 1.69. The number of aryl methyl sites for hydroxylation is 5. The summed E-state index contributed by atoms with van der Waals surface area (Å²) in [5.74, 6) is -0.0735. The predicted molar refractivity (Wildman–Crippen MR) is 113 cm³/mol. The van der Waals surface area contributed by atoms with E-state index in [-0.39, 0.29) is 11.2 Å². The number of benzene rings is 2. The first-order valence-corrected chi connectivity index (χ1v) is 10.1. The average Bonchev–Trinajstić information content (AvgIpc) is 3.07. The fourth-order valence-electron chi connectivity index (χ4n) is 3.16. The highest BCUT2D eigenvalue weighted by Gasteiger charge is 2.21. The Morgan fingerprint density at radius 3 is 2.36 bits per heavy atom. The number of carbonyl (C=O) groups excluding carboxylic acids is 1. The van der Waals surface area contributed by atoms with Crippen molar-refractivity contribution in [2.75, 3.05) is 5.32 Å².